The average Bonchev–Trinajstić information content (AvgIpc) is 2.31. The Bertz CT molecular complexity index is 784. The molecule has 1 aromatic heterocycles. The zero-order chi connectivity index (χ0) is 12.0. The second-order valence-electron chi connectivity index (χ2n) is 4.45. The molecule has 0 saturated heterocycles. The molecule has 17 heavy (non-hydrogen) atoms. The van der Waals surface area contributed by atoms with Gasteiger partial charge in [-0.3, -0.25) is 4.79 Å². The van der Waals surface area contributed by atoms with Gasteiger partial charge < -0.3 is 4.98 Å². The molecule has 0 atom stereocenters. The molecule has 1 heterocycles. The summed E-state index contributed by atoms with van der Waals surface area (Å²) < 4.78 is 0. The standard InChI is InChI=1S/C15H13NO/c1-9-5-4-8-12-13(9)15(17)11-7-3-6-10(2)14(11)16-12/h3-8H,1-2H3,(H,16,17). The van der Waals surface area contributed by atoms with Crippen LogP contribution in [0.25, 0.3) is 21.8 Å². The van der Waals surface area contributed by atoms with Crippen molar-refractivity contribution in [3.8, 4) is 0 Å². The number of fused-ring (bicyclic) bond motifs is 2. The lowest BCUT2D eigenvalue weighted by atomic mass is 10.0. The first-order chi connectivity index (χ1) is 8.18. The first-order valence-corrected chi connectivity index (χ1v) is 5.69. The number of benzene rings is 2. The minimum atomic E-state index is 0.121. The lowest BCUT2D eigenvalue weighted by molar-refractivity contribution is 1.39. The zero-order valence-electron chi connectivity index (χ0n) is 9.87. The predicted octanol–water partition coefficient (Wildman–Crippen LogP) is 3.30. The molecule has 0 bridgehead atoms. The number of hydrogen-bond donors (Lipinski definition) is 1. The largest absolute Gasteiger partial charge is 0.354 e. The molecule has 2 heteroatoms. The molecule has 0 amide bonds. The van der Waals surface area contributed by atoms with Crippen molar-refractivity contribution >= 4 is 21.8 Å². The van der Waals surface area contributed by atoms with Gasteiger partial charge in [0.1, 0.15) is 0 Å². The molecule has 2 aromatic carbocycles. The van der Waals surface area contributed by atoms with E-state index in [2.05, 4.69) is 4.98 Å². The second-order valence-corrected chi connectivity index (χ2v) is 4.45. The van der Waals surface area contributed by atoms with Crippen LogP contribution in [0.3, 0.4) is 0 Å². The Balaban J connectivity index is 2.68. The average molecular weight is 223 g/mol. The Kier molecular flexibility index (Phi) is 2.05. The summed E-state index contributed by atoms with van der Waals surface area (Å²) in [5, 5.41) is 1.57. The van der Waals surface area contributed by atoms with E-state index in [-0.39, 0.29) is 5.43 Å². The molecule has 3 rings (SSSR count). The quantitative estimate of drug-likeness (QED) is 0.583. The van der Waals surface area contributed by atoms with Crippen molar-refractivity contribution in [2.45, 2.75) is 13.8 Å². The topological polar surface area (TPSA) is 32.9 Å². The van der Waals surface area contributed by atoms with Crippen molar-refractivity contribution in [2.75, 3.05) is 0 Å². The smallest absolute Gasteiger partial charge is 0.197 e. The van der Waals surface area contributed by atoms with Gasteiger partial charge in [0, 0.05) is 10.8 Å². The Morgan fingerprint density at radius 2 is 1.65 bits per heavy atom. The molecule has 0 aliphatic heterocycles. The van der Waals surface area contributed by atoms with Crippen molar-refractivity contribution < 1.29 is 0 Å². The van der Waals surface area contributed by atoms with Crippen LogP contribution in [0.2, 0.25) is 0 Å². The first-order valence-electron chi connectivity index (χ1n) is 5.69. The van der Waals surface area contributed by atoms with E-state index in [0.717, 1.165) is 32.9 Å². The van der Waals surface area contributed by atoms with Crippen LogP contribution in [0.15, 0.2) is 41.2 Å². The van der Waals surface area contributed by atoms with E-state index in [0.29, 0.717) is 0 Å². The Morgan fingerprint density at radius 3 is 2.47 bits per heavy atom. The van der Waals surface area contributed by atoms with Gasteiger partial charge in [-0.25, -0.2) is 0 Å². The fourth-order valence-electron chi connectivity index (χ4n) is 2.37. The Hall–Kier alpha value is -2.09. The molecule has 0 fully saturated rings. The van der Waals surface area contributed by atoms with Crippen LogP contribution in [0.5, 0.6) is 0 Å². The maximum absolute atomic E-state index is 12.4. The maximum Gasteiger partial charge on any atom is 0.197 e. The lowest BCUT2D eigenvalue weighted by Crippen LogP contribution is -2.06. The monoisotopic (exact) mass is 223 g/mol. The van der Waals surface area contributed by atoms with Crippen molar-refractivity contribution in [1.29, 1.82) is 0 Å². The van der Waals surface area contributed by atoms with Crippen molar-refractivity contribution in [2.24, 2.45) is 0 Å². The highest BCUT2D eigenvalue weighted by Gasteiger charge is 2.07. The summed E-state index contributed by atoms with van der Waals surface area (Å²) in [6.45, 7) is 3.99. The number of pyridine rings is 1. The van der Waals surface area contributed by atoms with Gasteiger partial charge in [-0.2, -0.15) is 0 Å². The third kappa shape index (κ3) is 1.37. The van der Waals surface area contributed by atoms with Crippen LogP contribution in [0.4, 0.5) is 0 Å². The molecule has 84 valence electrons. The van der Waals surface area contributed by atoms with Gasteiger partial charge in [-0.15, -0.1) is 0 Å². The van der Waals surface area contributed by atoms with E-state index in [4.69, 9.17) is 0 Å². The molecule has 3 aromatic rings. The Morgan fingerprint density at radius 1 is 0.941 bits per heavy atom. The highest BCUT2D eigenvalue weighted by Crippen LogP contribution is 2.19. The van der Waals surface area contributed by atoms with E-state index >= 15 is 0 Å². The molecule has 0 saturated carbocycles. The molecule has 0 spiro atoms. The maximum atomic E-state index is 12.4. The highest BCUT2D eigenvalue weighted by atomic mass is 16.1. The fraction of sp³-hybridized carbons (Fsp3) is 0.133. The van der Waals surface area contributed by atoms with Gasteiger partial charge in [0.05, 0.1) is 11.0 Å². The van der Waals surface area contributed by atoms with Crippen molar-refractivity contribution in [3.63, 3.8) is 0 Å². The van der Waals surface area contributed by atoms with Crippen LogP contribution in [0, 0.1) is 13.8 Å². The van der Waals surface area contributed by atoms with Crippen molar-refractivity contribution in [1.82, 2.24) is 4.98 Å². The zero-order valence-corrected chi connectivity index (χ0v) is 9.87. The Labute approximate surface area is 98.9 Å². The molecule has 0 unspecified atom stereocenters. The van der Waals surface area contributed by atoms with Gasteiger partial charge in [0.25, 0.3) is 0 Å². The molecular weight excluding hydrogens is 210 g/mol. The number of aryl methyl sites for hydroxylation is 2. The summed E-state index contributed by atoms with van der Waals surface area (Å²) in [4.78, 5) is 15.8. The number of aromatic nitrogens is 1. The second kappa shape index (κ2) is 3.45. The third-order valence-electron chi connectivity index (χ3n) is 3.28. The first kappa shape index (κ1) is 10.1. The normalized spacial score (nSPS) is 11.2. The van der Waals surface area contributed by atoms with E-state index in [1.807, 2.05) is 50.2 Å². The summed E-state index contributed by atoms with van der Waals surface area (Å²) in [7, 11) is 0. The van der Waals surface area contributed by atoms with E-state index in [1.165, 1.54) is 0 Å². The number of H-pyrrole nitrogens is 1. The lowest BCUT2D eigenvalue weighted by Gasteiger charge is -2.06. The SMILES string of the molecule is Cc1cccc2c(=O)c3c(C)cccc3[nH]c12. The molecule has 0 aliphatic carbocycles. The van der Waals surface area contributed by atoms with Crippen LogP contribution >= 0.6 is 0 Å². The number of rotatable bonds is 0. The van der Waals surface area contributed by atoms with Crippen LogP contribution in [-0.2, 0) is 0 Å². The minimum Gasteiger partial charge on any atom is -0.354 e. The third-order valence-corrected chi connectivity index (χ3v) is 3.28. The highest BCUT2D eigenvalue weighted by molar-refractivity contribution is 5.95. The summed E-state index contributed by atoms with van der Waals surface area (Å²) in [5.41, 5.74) is 4.10. The van der Waals surface area contributed by atoms with E-state index in [1.54, 1.807) is 0 Å². The summed E-state index contributed by atoms with van der Waals surface area (Å²) >= 11 is 0. The van der Waals surface area contributed by atoms with Crippen LogP contribution in [-0.4, -0.2) is 4.98 Å². The number of aromatic amines is 1. The van der Waals surface area contributed by atoms with Gasteiger partial charge in [-0.05, 0) is 37.1 Å². The fourth-order valence-corrected chi connectivity index (χ4v) is 2.37. The van der Waals surface area contributed by atoms with Crippen LogP contribution in [0.1, 0.15) is 11.1 Å². The molecule has 2 nitrogen and oxygen atoms in total. The van der Waals surface area contributed by atoms with Crippen LogP contribution < -0.4 is 5.43 Å². The van der Waals surface area contributed by atoms with Gasteiger partial charge in [0.15, 0.2) is 5.43 Å². The van der Waals surface area contributed by atoms with E-state index < -0.39 is 0 Å². The molecule has 1 N–H and O–H groups in total. The molecule has 0 aliphatic rings. The van der Waals surface area contributed by atoms with E-state index in [9.17, 15) is 4.79 Å². The van der Waals surface area contributed by atoms with Gasteiger partial charge in [0.2, 0.25) is 0 Å². The van der Waals surface area contributed by atoms with Gasteiger partial charge in [-0.1, -0.05) is 24.3 Å². The molecule has 0 radical (unpaired) electrons. The molecular formula is C15H13NO. The summed E-state index contributed by atoms with van der Waals surface area (Å²) in [5.74, 6) is 0. The summed E-state index contributed by atoms with van der Waals surface area (Å²) in [6.07, 6.45) is 0. The number of nitrogens with one attached hydrogen (secondary N) is 1. The predicted molar refractivity (Wildman–Crippen MR) is 71.5 cm³/mol. The van der Waals surface area contributed by atoms with Crippen molar-refractivity contribution in [3.05, 3.63) is 57.7 Å². The number of hydrogen-bond acceptors (Lipinski definition) is 1. The minimum absolute atomic E-state index is 0.121. The summed E-state index contributed by atoms with van der Waals surface area (Å²) in [6, 6.07) is 11.7. The number of para-hydroxylation sites is 1. The van der Waals surface area contributed by atoms with Gasteiger partial charge >= 0.3 is 0 Å².